The Balaban J connectivity index is 2.95. The molecule has 0 spiro atoms. The maximum Gasteiger partial charge on any atom is 0.235 e. The Hall–Kier alpha value is -1.70. The second-order valence-corrected chi connectivity index (χ2v) is 6.52. The van der Waals surface area contributed by atoms with E-state index in [1.165, 1.54) is 0 Å². The van der Waals surface area contributed by atoms with Gasteiger partial charge in [-0.1, -0.05) is 29.8 Å². The first-order valence-corrected chi connectivity index (χ1v) is 6.97. The predicted molar refractivity (Wildman–Crippen MR) is 64.0 cm³/mol. The Labute approximate surface area is 86.7 Å². The minimum atomic E-state index is -1.95. The number of hydrogen-bond donors (Lipinski definition) is 0. The standard InChI is InChI=1S/C13H12Si/c1-4-14(3,5-2)12-11-13-9-7-6-8-10-13/h1,5-10H,2H2,3H3. The lowest BCUT2D eigenvalue weighted by Crippen LogP contribution is -2.22. The Morgan fingerprint density at radius 1 is 1.36 bits per heavy atom. The van der Waals surface area contributed by atoms with Gasteiger partial charge in [0.25, 0.3) is 0 Å². The Bertz CT molecular complexity index is 414. The molecule has 0 saturated carbocycles. The summed E-state index contributed by atoms with van der Waals surface area (Å²) in [5.74, 6) is 3.09. The largest absolute Gasteiger partial charge is 0.235 e. The topological polar surface area (TPSA) is 0 Å². The van der Waals surface area contributed by atoms with Gasteiger partial charge in [-0.2, -0.15) is 0 Å². The van der Waals surface area contributed by atoms with Crippen LogP contribution < -0.4 is 0 Å². The average molecular weight is 196 g/mol. The molecular weight excluding hydrogens is 184 g/mol. The van der Waals surface area contributed by atoms with E-state index in [0.29, 0.717) is 0 Å². The summed E-state index contributed by atoms with van der Waals surface area (Å²) in [6.07, 6.45) is 5.42. The van der Waals surface area contributed by atoms with E-state index < -0.39 is 8.07 Å². The monoisotopic (exact) mass is 196 g/mol. The van der Waals surface area contributed by atoms with Gasteiger partial charge in [-0.3, -0.25) is 0 Å². The summed E-state index contributed by atoms with van der Waals surface area (Å²) in [6, 6.07) is 9.85. The fraction of sp³-hybridized carbons (Fsp3) is 0.0769. The summed E-state index contributed by atoms with van der Waals surface area (Å²) in [5, 5.41) is 0. The van der Waals surface area contributed by atoms with Gasteiger partial charge in [0.15, 0.2) is 0 Å². The molecule has 0 radical (unpaired) electrons. The molecule has 0 heterocycles. The van der Waals surface area contributed by atoms with Gasteiger partial charge < -0.3 is 0 Å². The van der Waals surface area contributed by atoms with E-state index in [2.05, 4.69) is 23.6 Å². The zero-order valence-corrected chi connectivity index (χ0v) is 9.25. The summed E-state index contributed by atoms with van der Waals surface area (Å²) >= 11 is 0. The molecule has 68 valence electrons. The third kappa shape index (κ3) is 2.66. The lowest BCUT2D eigenvalue weighted by atomic mass is 10.2. The van der Waals surface area contributed by atoms with Crippen LogP contribution in [0.1, 0.15) is 5.56 Å². The highest BCUT2D eigenvalue weighted by atomic mass is 28.3. The van der Waals surface area contributed by atoms with E-state index in [-0.39, 0.29) is 0 Å². The highest BCUT2D eigenvalue weighted by Crippen LogP contribution is 2.01. The average Bonchev–Trinajstić information content (AvgIpc) is 2.27. The minimum Gasteiger partial charge on any atom is -0.126 e. The first-order chi connectivity index (χ1) is 6.70. The molecule has 1 atom stereocenters. The van der Waals surface area contributed by atoms with Crippen molar-refractivity contribution < 1.29 is 0 Å². The molecule has 0 aliphatic rings. The van der Waals surface area contributed by atoms with Crippen molar-refractivity contribution in [3.05, 3.63) is 48.2 Å². The van der Waals surface area contributed by atoms with Gasteiger partial charge in [0.05, 0.1) is 0 Å². The van der Waals surface area contributed by atoms with Crippen LogP contribution in [0.3, 0.4) is 0 Å². The molecular formula is C13H12Si. The molecule has 0 aliphatic carbocycles. The molecule has 0 fully saturated rings. The van der Waals surface area contributed by atoms with Gasteiger partial charge in [-0.15, -0.1) is 24.1 Å². The van der Waals surface area contributed by atoms with Crippen molar-refractivity contribution in [2.24, 2.45) is 0 Å². The van der Waals surface area contributed by atoms with Gasteiger partial charge in [0.2, 0.25) is 8.07 Å². The van der Waals surface area contributed by atoms with Gasteiger partial charge in [-0.25, -0.2) is 0 Å². The zero-order valence-electron chi connectivity index (χ0n) is 8.25. The fourth-order valence-electron chi connectivity index (χ4n) is 0.870. The third-order valence-electron chi connectivity index (χ3n) is 1.95. The molecule has 1 aromatic carbocycles. The smallest absolute Gasteiger partial charge is 0.126 e. The molecule has 0 amide bonds. The van der Waals surface area contributed by atoms with Crippen LogP contribution >= 0.6 is 0 Å². The summed E-state index contributed by atoms with van der Waals surface area (Å²) in [4.78, 5) is 0. The second-order valence-electron chi connectivity index (χ2n) is 3.17. The van der Waals surface area contributed by atoms with Gasteiger partial charge in [0, 0.05) is 5.56 Å². The molecule has 1 heteroatoms. The molecule has 0 saturated heterocycles. The van der Waals surface area contributed by atoms with Crippen LogP contribution in [0.2, 0.25) is 6.55 Å². The molecule has 0 aromatic heterocycles. The van der Waals surface area contributed by atoms with E-state index in [0.717, 1.165) is 5.56 Å². The third-order valence-corrected chi connectivity index (χ3v) is 4.01. The van der Waals surface area contributed by atoms with Gasteiger partial charge in [-0.05, 0) is 18.7 Å². The maximum absolute atomic E-state index is 5.42. The normalized spacial score (nSPS) is 12.9. The SMILES string of the molecule is C#C[Si](C)(C#Cc1ccccc1)C=C. The first-order valence-electron chi connectivity index (χ1n) is 4.40. The molecule has 0 nitrogen and oxygen atoms in total. The van der Waals surface area contributed by atoms with Crippen LogP contribution in [0.5, 0.6) is 0 Å². The number of benzene rings is 1. The van der Waals surface area contributed by atoms with E-state index in [4.69, 9.17) is 6.42 Å². The van der Waals surface area contributed by atoms with Crippen molar-refractivity contribution in [3.8, 4) is 23.4 Å². The number of terminal acetylenes is 1. The maximum atomic E-state index is 5.42. The Kier molecular flexibility index (Phi) is 3.34. The van der Waals surface area contributed by atoms with Crippen molar-refractivity contribution in [3.63, 3.8) is 0 Å². The summed E-state index contributed by atoms with van der Waals surface area (Å²) in [6.45, 7) is 5.74. The lowest BCUT2D eigenvalue weighted by molar-refractivity contribution is 1.65. The molecule has 0 bridgehead atoms. The summed E-state index contributed by atoms with van der Waals surface area (Å²) in [5.41, 5.74) is 8.72. The van der Waals surface area contributed by atoms with Crippen LogP contribution in [-0.4, -0.2) is 8.07 Å². The Morgan fingerprint density at radius 2 is 2.00 bits per heavy atom. The number of rotatable bonds is 1. The molecule has 1 rings (SSSR count). The summed E-state index contributed by atoms with van der Waals surface area (Å²) < 4.78 is 0. The minimum absolute atomic E-state index is 1.00. The van der Waals surface area contributed by atoms with E-state index in [1.54, 1.807) is 0 Å². The van der Waals surface area contributed by atoms with Crippen LogP contribution in [0.15, 0.2) is 42.6 Å². The van der Waals surface area contributed by atoms with E-state index in [9.17, 15) is 0 Å². The molecule has 14 heavy (non-hydrogen) atoms. The Morgan fingerprint density at radius 3 is 2.50 bits per heavy atom. The highest BCUT2D eigenvalue weighted by molar-refractivity contribution is 6.97. The quantitative estimate of drug-likeness (QED) is 0.478. The van der Waals surface area contributed by atoms with Crippen molar-refractivity contribution in [1.29, 1.82) is 0 Å². The van der Waals surface area contributed by atoms with Crippen LogP contribution in [-0.2, 0) is 0 Å². The first kappa shape index (κ1) is 10.4. The predicted octanol–water partition coefficient (Wildman–Crippen LogP) is 2.55. The van der Waals surface area contributed by atoms with Crippen LogP contribution in [0.25, 0.3) is 0 Å². The molecule has 0 N–H and O–H groups in total. The van der Waals surface area contributed by atoms with Crippen LogP contribution in [0.4, 0.5) is 0 Å². The van der Waals surface area contributed by atoms with Crippen LogP contribution in [0, 0.1) is 23.4 Å². The molecule has 0 aliphatic heterocycles. The zero-order chi connectivity index (χ0) is 10.4. The van der Waals surface area contributed by atoms with E-state index >= 15 is 0 Å². The second kappa shape index (κ2) is 4.51. The highest BCUT2D eigenvalue weighted by Gasteiger charge is 2.16. The molecule has 1 aromatic rings. The summed E-state index contributed by atoms with van der Waals surface area (Å²) in [7, 11) is -1.95. The van der Waals surface area contributed by atoms with Crippen molar-refractivity contribution in [2.75, 3.05) is 0 Å². The van der Waals surface area contributed by atoms with Crippen molar-refractivity contribution in [2.45, 2.75) is 6.55 Å². The van der Waals surface area contributed by atoms with Crippen molar-refractivity contribution >= 4 is 8.07 Å². The number of hydrogen-bond acceptors (Lipinski definition) is 0. The van der Waals surface area contributed by atoms with Gasteiger partial charge >= 0.3 is 0 Å². The lowest BCUT2D eigenvalue weighted by Gasteiger charge is -2.04. The molecule has 1 unspecified atom stereocenters. The van der Waals surface area contributed by atoms with E-state index in [1.807, 2.05) is 42.6 Å². The van der Waals surface area contributed by atoms with Gasteiger partial charge in [0.1, 0.15) is 0 Å². The fourth-order valence-corrected chi connectivity index (χ4v) is 1.57. The van der Waals surface area contributed by atoms with Crippen molar-refractivity contribution in [1.82, 2.24) is 0 Å².